The zero-order chi connectivity index (χ0) is 16.8. The van der Waals surface area contributed by atoms with Crippen molar-refractivity contribution >= 4 is 22.3 Å². The summed E-state index contributed by atoms with van der Waals surface area (Å²) in [6.07, 6.45) is 3.79. The molecule has 0 aliphatic heterocycles. The summed E-state index contributed by atoms with van der Waals surface area (Å²) in [4.78, 5) is 24.9. The van der Waals surface area contributed by atoms with E-state index < -0.39 is 16.2 Å². The first-order chi connectivity index (χ1) is 11.1. The van der Waals surface area contributed by atoms with Crippen LogP contribution in [0.2, 0.25) is 0 Å². The molecule has 1 aromatic carbocycles. The average Bonchev–Trinajstić information content (AvgIpc) is 2.53. The van der Waals surface area contributed by atoms with Gasteiger partial charge in [-0.25, -0.2) is 4.79 Å². The highest BCUT2D eigenvalue weighted by Crippen LogP contribution is 2.33. The van der Waals surface area contributed by atoms with E-state index in [1.54, 1.807) is 24.3 Å². The minimum atomic E-state index is -0.887. The van der Waals surface area contributed by atoms with Gasteiger partial charge in [-0.05, 0) is 25.0 Å². The van der Waals surface area contributed by atoms with Gasteiger partial charge < -0.3 is 9.32 Å². The zero-order valence-corrected chi connectivity index (χ0v) is 13.6. The van der Waals surface area contributed by atoms with E-state index in [1.807, 2.05) is 4.90 Å². The van der Waals surface area contributed by atoms with Crippen LogP contribution in [0.5, 0.6) is 0 Å². The first kappa shape index (κ1) is 17.0. The number of hydrogen-bond acceptors (Lipinski definition) is 5. The van der Waals surface area contributed by atoms with Crippen LogP contribution < -0.4 is 10.5 Å². The van der Waals surface area contributed by atoms with Gasteiger partial charge in [0.15, 0.2) is 0 Å². The monoisotopic (exact) mass is 318 g/mol. The fourth-order valence-electron chi connectivity index (χ4n) is 2.64. The van der Waals surface area contributed by atoms with Crippen LogP contribution in [0.15, 0.2) is 33.5 Å². The van der Waals surface area contributed by atoms with Gasteiger partial charge in [-0.3, -0.25) is 10.1 Å². The van der Waals surface area contributed by atoms with Crippen LogP contribution in [-0.2, 0) is 0 Å². The van der Waals surface area contributed by atoms with Crippen LogP contribution in [0.25, 0.3) is 11.0 Å². The average molecular weight is 318 g/mol. The largest absolute Gasteiger partial charge is 0.418 e. The van der Waals surface area contributed by atoms with E-state index in [2.05, 4.69) is 13.8 Å². The SMILES string of the molecule is CCCCN(CCCC)c1c([N+](=O)[O-])c(=O)oc2ccccc12. The highest BCUT2D eigenvalue weighted by atomic mass is 16.6. The minimum absolute atomic E-state index is 0.385. The second kappa shape index (κ2) is 7.76. The summed E-state index contributed by atoms with van der Waals surface area (Å²) < 4.78 is 5.13. The molecular formula is C17H22N2O4. The predicted molar refractivity (Wildman–Crippen MR) is 91.2 cm³/mol. The van der Waals surface area contributed by atoms with Gasteiger partial charge in [-0.2, -0.15) is 0 Å². The molecule has 23 heavy (non-hydrogen) atoms. The highest BCUT2D eigenvalue weighted by molar-refractivity contribution is 5.94. The Hall–Kier alpha value is -2.37. The molecule has 0 atom stereocenters. The van der Waals surface area contributed by atoms with Gasteiger partial charge in [0.2, 0.25) is 0 Å². The maximum atomic E-state index is 12.1. The number of para-hydroxylation sites is 1. The Morgan fingerprint density at radius 3 is 2.30 bits per heavy atom. The van der Waals surface area contributed by atoms with Crippen LogP contribution in [0.1, 0.15) is 39.5 Å². The Morgan fingerprint density at radius 1 is 1.13 bits per heavy atom. The standard InChI is InChI=1S/C17H22N2O4/c1-3-5-11-18(12-6-4-2)15-13-9-7-8-10-14(13)23-17(20)16(15)19(21)22/h7-10H,3-6,11-12H2,1-2H3. The van der Waals surface area contributed by atoms with Gasteiger partial charge in [0, 0.05) is 18.5 Å². The molecule has 1 heterocycles. The topological polar surface area (TPSA) is 76.6 Å². The molecule has 0 unspecified atom stereocenters. The van der Waals surface area contributed by atoms with E-state index in [-0.39, 0.29) is 0 Å². The molecular weight excluding hydrogens is 296 g/mol. The number of unbranched alkanes of at least 4 members (excludes halogenated alkanes) is 2. The van der Waals surface area contributed by atoms with Crippen molar-refractivity contribution in [3.05, 3.63) is 44.8 Å². The lowest BCUT2D eigenvalue weighted by atomic mass is 10.1. The van der Waals surface area contributed by atoms with E-state index in [1.165, 1.54) is 0 Å². The molecule has 0 spiro atoms. The summed E-state index contributed by atoms with van der Waals surface area (Å²) in [5, 5.41) is 12.1. The van der Waals surface area contributed by atoms with Crippen molar-refractivity contribution < 1.29 is 9.34 Å². The summed E-state index contributed by atoms with van der Waals surface area (Å²) in [6, 6.07) is 6.99. The summed E-state index contributed by atoms with van der Waals surface area (Å²) in [7, 11) is 0. The lowest BCUT2D eigenvalue weighted by Crippen LogP contribution is -2.28. The molecule has 1 aromatic heterocycles. The predicted octanol–water partition coefficient (Wildman–Crippen LogP) is 4.11. The molecule has 0 saturated carbocycles. The van der Waals surface area contributed by atoms with Crippen molar-refractivity contribution in [2.24, 2.45) is 0 Å². The summed E-state index contributed by atoms with van der Waals surface area (Å²) in [5.41, 5.74) is -0.572. The third-order valence-electron chi connectivity index (χ3n) is 3.82. The first-order valence-electron chi connectivity index (χ1n) is 8.05. The van der Waals surface area contributed by atoms with Crippen LogP contribution in [-0.4, -0.2) is 18.0 Å². The Morgan fingerprint density at radius 2 is 1.74 bits per heavy atom. The third kappa shape index (κ3) is 3.70. The van der Waals surface area contributed by atoms with Crippen molar-refractivity contribution in [1.29, 1.82) is 0 Å². The molecule has 0 aliphatic carbocycles. The van der Waals surface area contributed by atoms with Gasteiger partial charge in [-0.15, -0.1) is 0 Å². The van der Waals surface area contributed by atoms with E-state index in [9.17, 15) is 14.9 Å². The first-order valence-corrected chi connectivity index (χ1v) is 8.05. The third-order valence-corrected chi connectivity index (χ3v) is 3.82. The number of anilines is 1. The van der Waals surface area contributed by atoms with Crippen LogP contribution >= 0.6 is 0 Å². The van der Waals surface area contributed by atoms with E-state index in [4.69, 9.17) is 4.42 Å². The lowest BCUT2D eigenvalue weighted by molar-refractivity contribution is -0.386. The van der Waals surface area contributed by atoms with Crippen LogP contribution in [0.3, 0.4) is 0 Å². The molecule has 0 N–H and O–H groups in total. The molecule has 0 saturated heterocycles. The molecule has 0 radical (unpaired) electrons. The van der Waals surface area contributed by atoms with Crippen LogP contribution in [0, 0.1) is 10.1 Å². The second-order valence-electron chi connectivity index (χ2n) is 5.53. The maximum absolute atomic E-state index is 12.1. The molecule has 0 fully saturated rings. The Kier molecular flexibility index (Phi) is 5.73. The normalized spacial score (nSPS) is 10.9. The summed E-state index contributed by atoms with van der Waals surface area (Å²) in [6.45, 7) is 5.52. The fourth-order valence-corrected chi connectivity index (χ4v) is 2.64. The molecule has 6 nitrogen and oxygen atoms in total. The van der Waals surface area contributed by atoms with Gasteiger partial charge in [0.05, 0.1) is 4.92 Å². The van der Waals surface area contributed by atoms with Crippen molar-refractivity contribution in [2.75, 3.05) is 18.0 Å². The number of nitrogens with zero attached hydrogens (tertiary/aromatic N) is 2. The molecule has 6 heteroatoms. The Bertz CT molecular complexity index is 731. The van der Waals surface area contributed by atoms with E-state index in [0.717, 1.165) is 25.7 Å². The van der Waals surface area contributed by atoms with Gasteiger partial charge >= 0.3 is 11.3 Å². The number of nitro groups is 1. The van der Waals surface area contributed by atoms with E-state index >= 15 is 0 Å². The maximum Gasteiger partial charge on any atom is 0.417 e. The number of rotatable bonds is 8. The summed E-state index contributed by atoms with van der Waals surface area (Å²) in [5.74, 6) is 0. The van der Waals surface area contributed by atoms with Gasteiger partial charge in [0.1, 0.15) is 11.3 Å². The molecule has 2 aromatic rings. The quantitative estimate of drug-likeness (QED) is 0.416. The smallest absolute Gasteiger partial charge is 0.417 e. The minimum Gasteiger partial charge on any atom is -0.418 e. The zero-order valence-electron chi connectivity index (χ0n) is 13.6. The van der Waals surface area contributed by atoms with Crippen molar-refractivity contribution in [3.63, 3.8) is 0 Å². The van der Waals surface area contributed by atoms with Crippen LogP contribution in [0.4, 0.5) is 11.4 Å². The molecule has 124 valence electrons. The highest BCUT2D eigenvalue weighted by Gasteiger charge is 2.28. The number of hydrogen-bond donors (Lipinski definition) is 0. The Labute approximate surface area is 134 Å². The second-order valence-corrected chi connectivity index (χ2v) is 5.53. The van der Waals surface area contributed by atoms with Crippen molar-refractivity contribution in [3.8, 4) is 0 Å². The molecule has 0 bridgehead atoms. The molecule has 0 amide bonds. The fraction of sp³-hybridized carbons (Fsp3) is 0.471. The molecule has 2 rings (SSSR count). The Balaban J connectivity index is 2.67. The molecule has 0 aliphatic rings. The van der Waals surface area contributed by atoms with Gasteiger partial charge in [0.25, 0.3) is 0 Å². The van der Waals surface area contributed by atoms with Crippen molar-refractivity contribution in [1.82, 2.24) is 0 Å². The lowest BCUT2D eigenvalue weighted by Gasteiger charge is -2.25. The van der Waals surface area contributed by atoms with E-state index in [0.29, 0.717) is 29.7 Å². The summed E-state index contributed by atoms with van der Waals surface area (Å²) >= 11 is 0. The number of benzene rings is 1. The van der Waals surface area contributed by atoms with Gasteiger partial charge in [-0.1, -0.05) is 38.8 Å². The number of fused-ring (bicyclic) bond motifs is 1. The van der Waals surface area contributed by atoms with Crippen molar-refractivity contribution in [2.45, 2.75) is 39.5 Å².